The van der Waals surface area contributed by atoms with Crippen LogP contribution in [0.3, 0.4) is 0 Å². The minimum Gasteiger partial charge on any atom is -0.469 e. The number of carbonyl (C=O) groups excluding carboxylic acids is 1. The van der Waals surface area contributed by atoms with E-state index in [4.69, 9.17) is 0 Å². The Balaban J connectivity index is 0.00000121. The Hall–Kier alpha value is -1.07. The van der Waals surface area contributed by atoms with Crippen LogP contribution in [0.1, 0.15) is 25.8 Å². The van der Waals surface area contributed by atoms with Crippen molar-refractivity contribution in [2.75, 3.05) is 13.7 Å². The molecular weight excluding hydrogens is 236 g/mol. The number of pyridine rings is 1. The molecular formula is C12H20N2O2S. The second kappa shape index (κ2) is 10.1. The molecule has 1 N–H and O–H groups in total. The standard InChI is InChI=1S/C10H14N2O2S.C2H6/c1-8-5-9(7-11-6-8)15-12-4-3-10(13)14-2;1-2/h5-7,12H,3-4H2,1-2H3;1-2H3. The molecule has 1 heterocycles. The third-order valence-corrected chi connectivity index (χ3v) is 2.51. The normalized spacial score (nSPS) is 9.18. The van der Waals surface area contributed by atoms with Gasteiger partial charge in [0.25, 0.3) is 0 Å². The first-order valence-electron chi connectivity index (χ1n) is 5.60. The minimum absolute atomic E-state index is 0.203. The Labute approximate surface area is 107 Å². The molecule has 0 aliphatic rings. The molecule has 5 heteroatoms. The van der Waals surface area contributed by atoms with Crippen molar-refractivity contribution in [2.24, 2.45) is 0 Å². The molecule has 1 rings (SSSR count). The number of hydrogen-bond donors (Lipinski definition) is 1. The Bertz CT molecular complexity index is 332. The molecule has 0 fully saturated rings. The van der Waals surface area contributed by atoms with E-state index in [1.54, 1.807) is 12.4 Å². The lowest BCUT2D eigenvalue weighted by Crippen LogP contribution is -2.12. The molecule has 0 bridgehead atoms. The summed E-state index contributed by atoms with van der Waals surface area (Å²) < 4.78 is 7.59. The van der Waals surface area contributed by atoms with Gasteiger partial charge in [0.1, 0.15) is 0 Å². The van der Waals surface area contributed by atoms with Crippen molar-refractivity contribution >= 4 is 17.9 Å². The molecule has 0 aliphatic heterocycles. The van der Waals surface area contributed by atoms with Crippen LogP contribution in [0.4, 0.5) is 0 Å². The van der Waals surface area contributed by atoms with Crippen LogP contribution < -0.4 is 4.72 Å². The number of methoxy groups -OCH3 is 1. The van der Waals surface area contributed by atoms with Crippen LogP contribution in [0.5, 0.6) is 0 Å². The van der Waals surface area contributed by atoms with Crippen LogP contribution in [-0.2, 0) is 9.53 Å². The largest absolute Gasteiger partial charge is 0.469 e. The summed E-state index contributed by atoms with van der Waals surface area (Å²) >= 11 is 1.47. The van der Waals surface area contributed by atoms with Crippen molar-refractivity contribution in [2.45, 2.75) is 32.1 Å². The summed E-state index contributed by atoms with van der Waals surface area (Å²) in [4.78, 5) is 15.9. The zero-order valence-corrected chi connectivity index (χ0v) is 11.6. The molecule has 0 atom stereocenters. The summed E-state index contributed by atoms with van der Waals surface area (Å²) in [7, 11) is 1.39. The first-order chi connectivity index (χ1) is 8.22. The van der Waals surface area contributed by atoms with Gasteiger partial charge in [0, 0.05) is 23.8 Å². The quantitative estimate of drug-likeness (QED) is 0.498. The summed E-state index contributed by atoms with van der Waals surface area (Å²) in [5, 5.41) is 0. The van der Waals surface area contributed by atoms with E-state index in [2.05, 4.69) is 14.4 Å². The van der Waals surface area contributed by atoms with Gasteiger partial charge in [-0.1, -0.05) is 13.8 Å². The molecule has 0 saturated carbocycles. The van der Waals surface area contributed by atoms with Gasteiger partial charge in [-0.05, 0) is 30.5 Å². The molecule has 1 aromatic heterocycles. The fraction of sp³-hybridized carbons (Fsp3) is 0.500. The van der Waals surface area contributed by atoms with E-state index in [0.717, 1.165) is 10.5 Å². The SMILES string of the molecule is CC.COC(=O)CCNSc1cncc(C)c1. The average Bonchev–Trinajstić information content (AvgIpc) is 2.37. The molecule has 0 spiro atoms. The van der Waals surface area contributed by atoms with Crippen LogP contribution in [0.25, 0.3) is 0 Å². The zero-order valence-electron chi connectivity index (χ0n) is 10.8. The average molecular weight is 256 g/mol. The number of hydrogen-bond acceptors (Lipinski definition) is 5. The van der Waals surface area contributed by atoms with E-state index in [9.17, 15) is 4.79 Å². The van der Waals surface area contributed by atoms with Crippen molar-refractivity contribution in [3.8, 4) is 0 Å². The molecule has 1 aromatic rings. The van der Waals surface area contributed by atoms with Crippen molar-refractivity contribution in [3.63, 3.8) is 0 Å². The summed E-state index contributed by atoms with van der Waals surface area (Å²) in [5.41, 5.74) is 1.12. The Kier molecular flexibility index (Phi) is 9.47. The van der Waals surface area contributed by atoms with E-state index in [0.29, 0.717) is 13.0 Å². The van der Waals surface area contributed by atoms with Gasteiger partial charge >= 0.3 is 5.97 Å². The van der Waals surface area contributed by atoms with Gasteiger partial charge in [0.05, 0.1) is 13.5 Å². The van der Waals surface area contributed by atoms with Gasteiger partial charge in [-0.3, -0.25) is 14.5 Å². The van der Waals surface area contributed by atoms with Crippen LogP contribution in [0.2, 0.25) is 0 Å². The maximum Gasteiger partial charge on any atom is 0.306 e. The minimum atomic E-state index is -0.203. The number of carbonyl (C=O) groups is 1. The van der Waals surface area contributed by atoms with Gasteiger partial charge in [0.15, 0.2) is 0 Å². The number of nitrogens with one attached hydrogen (secondary N) is 1. The number of esters is 1. The molecule has 0 saturated heterocycles. The first-order valence-corrected chi connectivity index (χ1v) is 6.42. The van der Waals surface area contributed by atoms with Crippen LogP contribution >= 0.6 is 11.9 Å². The number of ether oxygens (including phenoxy) is 1. The summed E-state index contributed by atoms with van der Waals surface area (Å²) in [6.07, 6.45) is 3.96. The van der Waals surface area contributed by atoms with E-state index in [1.807, 2.05) is 26.8 Å². The predicted molar refractivity (Wildman–Crippen MR) is 70.8 cm³/mol. The second-order valence-electron chi connectivity index (χ2n) is 3.02. The van der Waals surface area contributed by atoms with E-state index in [1.165, 1.54) is 19.1 Å². The van der Waals surface area contributed by atoms with Crippen molar-refractivity contribution in [1.29, 1.82) is 0 Å². The lowest BCUT2D eigenvalue weighted by atomic mass is 10.3. The van der Waals surface area contributed by atoms with Gasteiger partial charge in [0.2, 0.25) is 0 Å². The third kappa shape index (κ3) is 7.76. The number of aryl methyl sites for hydroxylation is 1. The van der Waals surface area contributed by atoms with E-state index < -0.39 is 0 Å². The highest BCUT2D eigenvalue weighted by molar-refractivity contribution is 7.97. The zero-order chi connectivity index (χ0) is 13.1. The number of rotatable bonds is 5. The molecule has 0 unspecified atom stereocenters. The van der Waals surface area contributed by atoms with Crippen LogP contribution in [0.15, 0.2) is 23.4 Å². The van der Waals surface area contributed by atoms with E-state index in [-0.39, 0.29) is 5.97 Å². The molecule has 0 amide bonds. The van der Waals surface area contributed by atoms with Crippen molar-refractivity contribution in [3.05, 3.63) is 24.0 Å². The van der Waals surface area contributed by atoms with Crippen molar-refractivity contribution < 1.29 is 9.53 Å². The monoisotopic (exact) mass is 256 g/mol. The highest BCUT2D eigenvalue weighted by Gasteiger charge is 1.99. The molecule has 4 nitrogen and oxygen atoms in total. The number of nitrogens with zero attached hydrogens (tertiary/aromatic N) is 1. The Morgan fingerprint density at radius 2 is 2.18 bits per heavy atom. The van der Waals surface area contributed by atoms with Gasteiger partial charge < -0.3 is 4.74 Å². The Morgan fingerprint density at radius 3 is 2.76 bits per heavy atom. The maximum absolute atomic E-state index is 10.8. The van der Waals surface area contributed by atoms with Gasteiger partial charge in [-0.15, -0.1) is 0 Å². The fourth-order valence-electron chi connectivity index (χ4n) is 0.973. The number of aromatic nitrogens is 1. The predicted octanol–water partition coefficient (Wildman–Crippen LogP) is 2.58. The van der Waals surface area contributed by atoms with Crippen LogP contribution in [0, 0.1) is 6.92 Å². The lowest BCUT2D eigenvalue weighted by molar-refractivity contribution is -0.140. The molecule has 17 heavy (non-hydrogen) atoms. The summed E-state index contributed by atoms with van der Waals surface area (Å²) in [6.45, 7) is 6.58. The summed E-state index contributed by atoms with van der Waals surface area (Å²) in [6, 6.07) is 2.03. The molecule has 0 radical (unpaired) electrons. The highest BCUT2D eigenvalue weighted by atomic mass is 32.2. The van der Waals surface area contributed by atoms with E-state index >= 15 is 0 Å². The fourth-order valence-corrected chi connectivity index (χ4v) is 1.70. The smallest absolute Gasteiger partial charge is 0.306 e. The van der Waals surface area contributed by atoms with Gasteiger partial charge in [-0.2, -0.15) is 0 Å². The van der Waals surface area contributed by atoms with Crippen molar-refractivity contribution in [1.82, 2.24) is 9.71 Å². The van der Waals surface area contributed by atoms with Gasteiger partial charge in [-0.25, -0.2) is 0 Å². The Morgan fingerprint density at radius 1 is 1.47 bits per heavy atom. The molecule has 96 valence electrons. The third-order valence-electron chi connectivity index (χ3n) is 1.70. The summed E-state index contributed by atoms with van der Waals surface area (Å²) in [5.74, 6) is -0.203. The molecule has 0 aromatic carbocycles. The maximum atomic E-state index is 10.8. The lowest BCUT2D eigenvalue weighted by Gasteiger charge is -2.03. The van der Waals surface area contributed by atoms with Crippen LogP contribution in [-0.4, -0.2) is 24.6 Å². The molecule has 0 aliphatic carbocycles. The second-order valence-corrected chi connectivity index (χ2v) is 3.98. The first kappa shape index (κ1) is 15.9. The topological polar surface area (TPSA) is 51.2 Å². The highest BCUT2D eigenvalue weighted by Crippen LogP contribution is 2.13.